The number of rotatable bonds is 3. The molecule has 0 saturated carbocycles. The van der Waals surface area contributed by atoms with Crippen molar-refractivity contribution in [3.63, 3.8) is 0 Å². The van der Waals surface area contributed by atoms with Crippen molar-refractivity contribution in [2.24, 2.45) is 0 Å². The van der Waals surface area contributed by atoms with Crippen LogP contribution in [0.1, 0.15) is 11.5 Å². The van der Waals surface area contributed by atoms with E-state index in [1.165, 1.54) is 0 Å². The SMILES string of the molecule is CNCCc1nc(C#N)c2cc(Br)ccn12. The highest BCUT2D eigenvalue weighted by Gasteiger charge is 2.10. The van der Waals surface area contributed by atoms with Crippen molar-refractivity contribution < 1.29 is 0 Å². The summed E-state index contributed by atoms with van der Waals surface area (Å²) in [6, 6.07) is 5.98. The Labute approximate surface area is 102 Å². The first kappa shape index (κ1) is 11.1. The lowest BCUT2D eigenvalue weighted by Crippen LogP contribution is -2.12. The number of aromatic nitrogens is 2. The maximum absolute atomic E-state index is 9.01. The third kappa shape index (κ3) is 1.94. The molecule has 0 bridgehead atoms. The topological polar surface area (TPSA) is 53.1 Å². The lowest BCUT2D eigenvalue weighted by atomic mass is 10.3. The van der Waals surface area contributed by atoms with Gasteiger partial charge in [-0.3, -0.25) is 0 Å². The molecular weight excluding hydrogens is 268 g/mol. The van der Waals surface area contributed by atoms with Gasteiger partial charge in [0.05, 0.1) is 5.52 Å². The predicted octanol–water partition coefficient (Wildman–Crippen LogP) is 1.73. The van der Waals surface area contributed by atoms with E-state index >= 15 is 0 Å². The van der Waals surface area contributed by atoms with Gasteiger partial charge in [0.25, 0.3) is 0 Å². The molecule has 0 aliphatic carbocycles. The molecule has 1 N–H and O–H groups in total. The Morgan fingerprint density at radius 2 is 2.44 bits per heavy atom. The van der Waals surface area contributed by atoms with Gasteiger partial charge in [-0.2, -0.15) is 5.26 Å². The van der Waals surface area contributed by atoms with Crippen molar-refractivity contribution in [1.82, 2.24) is 14.7 Å². The van der Waals surface area contributed by atoms with Crippen LogP contribution in [0.4, 0.5) is 0 Å². The summed E-state index contributed by atoms with van der Waals surface area (Å²) in [6.07, 6.45) is 2.74. The molecule has 0 saturated heterocycles. The van der Waals surface area contributed by atoms with E-state index in [2.05, 4.69) is 32.3 Å². The molecule has 2 heterocycles. The molecule has 0 aromatic carbocycles. The quantitative estimate of drug-likeness (QED) is 0.931. The molecular formula is C11H11BrN4. The Morgan fingerprint density at radius 3 is 3.12 bits per heavy atom. The highest BCUT2D eigenvalue weighted by Crippen LogP contribution is 2.18. The Kier molecular flexibility index (Phi) is 3.22. The highest BCUT2D eigenvalue weighted by molar-refractivity contribution is 9.10. The van der Waals surface area contributed by atoms with Crippen LogP contribution in [0.15, 0.2) is 22.8 Å². The van der Waals surface area contributed by atoms with Gasteiger partial charge in [-0.15, -0.1) is 0 Å². The Hall–Kier alpha value is -1.38. The molecule has 2 aromatic rings. The monoisotopic (exact) mass is 278 g/mol. The van der Waals surface area contributed by atoms with Crippen molar-refractivity contribution in [1.29, 1.82) is 5.26 Å². The van der Waals surface area contributed by atoms with Crippen molar-refractivity contribution in [2.45, 2.75) is 6.42 Å². The maximum atomic E-state index is 9.01. The van der Waals surface area contributed by atoms with Crippen molar-refractivity contribution in [3.8, 4) is 6.07 Å². The van der Waals surface area contributed by atoms with E-state index in [0.29, 0.717) is 5.69 Å². The number of imidazole rings is 1. The molecule has 4 nitrogen and oxygen atoms in total. The number of pyridine rings is 1. The summed E-state index contributed by atoms with van der Waals surface area (Å²) in [5, 5.41) is 12.1. The van der Waals surface area contributed by atoms with Crippen LogP contribution in [0.3, 0.4) is 0 Å². The van der Waals surface area contributed by atoms with Crippen LogP contribution < -0.4 is 5.32 Å². The molecule has 0 aliphatic rings. The zero-order valence-corrected chi connectivity index (χ0v) is 10.5. The van der Waals surface area contributed by atoms with Crippen LogP contribution in [0.2, 0.25) is 0 Å². The second kappa shape index (κ2) is 4.64. The molecule has 5 heteroatoms. The predicted molar refractivity (Wildman–Crippen MR) is 65.2 cm³/mol. The Morgan fingerprint density at radius 1 is 1.62 bits per heavy atom. The minimum absolute atomic E-state index is 0.479. The van der Waals surface area contributed by atoms with Gasteiger partial charge in [0.2, 0.25) is 0 Å². The van der Waals surface area contributed by atoms with Gasteiger partial charge in [-0.25, -0.2) is 4.98 Å². The molecule has 0 fully saturated rings. The number of likely N-dealkylation sites (N-methyl/N-ethyl adjacent to an activating group) is 1. The Bertz CT molecular complexity index is 553. The van der Waals surface area contributed by atoms with Gasteiger partial charge >= 0.3 is 0 Å². The third-order valence-electron chi connectivity index (χ3n) is 2.38. The number of nitrogens with zero attached hydrogens (tertiary/aromatic N) is 3. The third-order valence-corrected chi connectivity index (χ3v) is 2.88. The lowest BCUT2D eigenvalue weighted by molar-refractivity contribution is 0.753. The molecule has 16 heavy (non-hydrogen) atoms. The minimum Gasteiger partial charge on any atom is -0.319 e. The molecule has 0 atom stereocenters. The normalized spacial score (nSPS) is 10.6. The van der Waals surface area contributed by atoms with Gasteiger partial charge in [0.1, 0.15) is 11.9 Å². The second-order valence-electron chi connectivity index (χ2n) is 3.44. The average Bonchev–Trinajstić information content (AvgIpc) is 2.63. The van der Waals surface area contributed by atoms with Crippen molar-refractivity contribution >= 4 is 21.4 Å². The fourth-order valence-corrected chi connectivity index (χ4v) is 1.95. The summed E-state index contributed by atoms with van der Waals surface area (Å²) >= 11 is 3.39. The summed E-state index contributed by atoms with van der Waals surface area (Å²) in [5.41, 5.74) is 1.33. The standard InChI is InChI=1S/C11H11BrN4/c1-14-4-2-11-15-9(7-13)10-6-8(12)3-5-16(10)11/h3,5-6,14H,2,4H2,1H3. The van der Waals surface area contributed by atoms with Crippen molar-refractivity contribution in [3.05, 3.63) is 34.3 Å². The molecule has 0 radical (unpaired) electrons. The van der Waals surface area contributed by atoms with E-state index in [1.54, 1.807) is 0 Å². The van der Waals surface area contributed by atoms with E-state index in [1.807, 2.05) is 29.8 Å². The zero-order chi connectivity index (χ0) is 11.5. The largest absolute Gasteiger partial charge is 0.319 e. The first-order valence-corrected chi connectivity index (χ1v) is 5.76. The number of halogens is 1. The van der Waals surface area contributed by atoms with Gasteiger partial charge < -0.3 is 9.72 Å². The zero-order valence-electron chi connectivity index (χ0n) is 8.87. The summed E-state index contributed by atoms with van der Waals surface area (Å²) in [6.45, 7) is 0.847. The minimum atomic E-state index is 0.479. The van der Waals surface area contributed by atoms with E-state index in [9.17, 15) is 0 Å². The average molecular weight is 279 g/mol. The number of nitriles is 1. The van der Waals surface area contributed by atoms with Crippen LogP contribution in [-0.4, -0.2) is 23.0 Å². The van der Waals surface area contributed by atoms with E-state index in [4.69, 9.17) is 5.26 Å². The van der Waals surface area contributed by atoms with Gasteiger partial charge in [-0.1, -0.05) is 15.9 Å². The van der Waals surface area contributed by atoms with Crippen molar-refractivity contribution in [2.75, 3.05) is 13.6 Å². The number of nitrogens with one attached hydrogen (secondary N) is 1. The van der Waals surface area contributed by atoms with Gasteiger partial charge in [-0.05, 0) is 19.2 Å². The number of hydrogen-bond acceptors (Lipinski definition) is 3. The van der Waals surface area contributed by atoms with Gasteiger partial charge in [0, 0.05) is 23.6 Å². The maximum Gasteiger partial charge on any atom is 0.166 e. The van der Waals surface area contributed by atoms with Gasteiger partial charge in [0.15, 0.2) is 5.69 Å². The summed E-state index contributed by atoms with van der Waals surface area (Å²) in [4.78, 5) is 4.33. The molecule has 2 aromatic heterocycles. The molecule has 2 rings (SSSR count). The second-order valence-corrected chi connectivity index (χ2v) is 4.36. The van der Waals surface area contributed by atoms with Crippen LogP contribution in [0, 0.1) is 11.3 Å². The Balaban J connectivity index is 2.55. The van der Waals surface area contributed by atoms with E-state index in [0.717, 1.165) is 28.8 Å². The highest BCUT2D eigenvalue weighted by atomic mass is 79.9. The van der Waals surface area contributed by atoms with E-state index < -0.39 is 0 Å². The smallest absolute Gasteiger partial charge is 0.166 e. The van der Waals surface area contributed by atoms with Crippen LogP contribution in [0.5, 0.6) is 0 Å². The fourth-order valence-electron chi connectivity index (χ4n) is 1.62. The number of hydrogen-bond donors (Lipinski definition) is 1. The number of fused-ring (bicyclic) bond motifs is 1. The first-order chi connectivity index (χ1) is 7.76. The molecule has 82 valence electrons. The first-order valence-electron chi connectivity index (χ1n) is 4.97. The van der Waals surface area contributed by atoms with Crippen LogP contribution in [0.25, 0.3) is 5.52 Å². The fraction of sp³-hybridized carbons (Fsp3) is 0.273. The molecule has 0 aliphatic heterocycles. The molecule has 0 unspecified atom stereocenters. The van der Waals surface area contributed by atoms with Crippen LogP contribution in [-0.2, 0) is 6.42 Å². The summed E-state index contributed by atoms with van der Waals surface area (Å²) in [5.74, 6) is 0.911. The lowest BCUT2D eigenvalue weighted by Gasteiger charge is -2.00. The molecule has 0 amide bonds. The molecule has 0 spiro atoms. The van der Waals surface area contributed by atoms with Crippen LogP contribution >= 0.6 is 15.9 Å². The summed E-state index contributed by atoms with van der Waals surface area (Å²) in [7, 11) is 1.90. The van der Waals surface area contributed by atoms with E-state index in [-0.39, 0.29) is 0 Å². The summed E-state index contributed by atoms with van der Waals surface area (Å²) < 4.78 is 2.91.